The van der Waals surface area contributed by atoms with Gasteiger partial charge in [0.1, 0.15) is 35.0 Å². The maximum Gasteiger partial charge on any atom is 0.459 e. The molecule has 2 aromatic rings. The predicted molar refractivity (Wildman–Crippen MR) is 153 cm³/mol. The number of nitrogens with two attached hydrogens (primary N) is 1. The van der Waals surface area contributed by atoms with E-state index in [0.29, 0.717) is 18.6 Å². The Morgan fingerprint density at radius 3 is 2.88 bits per heavy atom. The number of rotatable bonds is 10. The molecule has 14 nitrogen and oxygen atoms in total. The minimum atomic E-state index is -4.18. The van der Waals surface area contributed by atoms with E-state index in [-0.39, 0.29) is 23.2 Å². The van der Waals surface area contributed by atoms with Gasteiger partial charge in [-0.25, -0.2) is 9.55 Å². The highest BCUT2D eigenvalue weighted by Gasteiger charge is 2.54. The van der Waals surface area contributed by atoms with Crippen LogP contribution in [0.5, 0.6) is 0 Å². The molecule has 42 heavy (non-hydrogen) atoms. The Morgan fingerprint density at radius 1 is 1.40 bits per heavy atom. The molecule has 6 atom stereocenters. The molecule has 3 heterocycles. The first-order valence-electron chi connectivity index (χ1n) is 14.0. The van der Waals surface area contributed by atoms with Crippen molar-refractivity contribution in [1.29, 1.82) is 0 Å². The van der Waals surface area contributed by atoms with Gasteiger partial charge in [-0.05, 0) is 52.0 Å². The monoisotopic (exact) mass is 626 g/mol. The van der Waals surface area contributed by atoms with Crippen LogP contribution in [0.15, 0.2) is 35.1 Å². The number of nitrogens with one attached hydrogen (secondary N) is 2. The molecule has 1 aliphatic heterocycles. The average Bonchev–Trinajstić information content (AvgIpc) is 3.46. The van der Waals surface area contributed by atoms with Crippen molar-refractivity contribution in [3.05, 3.63) is 40.7 Å². The normalized spacial score (nSPS) is 28.8. The number of aromatic nitrogens is 4. The smallest absolute Gasteiger partial charge is 0.459 e. The van der Waals surface area contributed by atoms with Gasteiger partial charge in [0.15, 0.2) is 17.4 Å². The van der Waals surface area contributed by atoms with Gasteiger partial charge < -0.3 is 24.8 Å². The predicted octanol–water partition coefficient (Wildman–Crippen LogP) is 3.19. The lowest BCUT2D eigenvalue weighted by Gasteiger charge is -2.28. The van der Waals surface area contributed by atoms with Crippen molar-refractivity contribution < 1.29 is 33.0 Å². The van der Waals surface area contributed by atoms with E-state index in [0.717, 1.165) is 32.1 Å². The summed E-state index contributed by atoms with van der Waals surface area (Å²) in [6.07, 6.45) is 8.91. The molecule has 0 bridgehead atoms. The molecule has 16 heteroatoms. The fourth-order valence-electron chi connectivity index (χ4n) is 5.28. The molecule has 6 unspecified atom stereocenters. The molecule has 2 aliphatic carbocycles. The topological polar surface area (TPSA) is 193 Å². The van der Waals surface area contributed by atoms with E-state index < -0.39 is 55.2 Å². The number of hydrogen-bond donors (Lipinski definition) is 4. The molecule has 0 amide bonds. The van der Waals surface area contributed by atoms with Crippen molar-refractivity contribution in [3.8, 4) is 0 Å². The van der Waals surface area contributed by atoms with Gasteiger partial charge in [-0.2, -0.15) is 10.1 Å². The van der Waals surface area contributed by atoms with Crippen LogP contribution in [-0.4, -0.2) is 66.4 Å². The fourth-order valence-corrected chi connectivity index (χ4v) is 7.14. The second kappa shape index (κ2) is 12.5. The quantitative estimate of drug-likeness (QED) is 0.171. The summed E-state index contributed by atoms with van der Waals surface area (Å²) in [5, 5.41) is 13.8. The molecule has 0 spiro atoms. The first-order chi connectivity index (χ1) is 20.0. The van der Waals surface area contributed by atoms with Gasteiger partial charge in [0.25, 0.3) is 5.56 Å². The third-order valence-electron chi connectivity index (χ3n) is 7.58. The zero-order chi connectivity index (χ0) is 30.1. The van der Waals surface area contributed by atoms with Crippen molar-refractivity contribution in [1.82, 2.24) is 24.6 Å². The number of anilines is 1. The minimum absolute atomic E-state index is 0.0143. The molecular formula is C26H36ClN6O8P. The van der Waals surface area contributed by atoms with Crippen LogP contribution >= 0.6 is 19.3 Å². The molecule has 2 fully saturated rings. The number of aliphatic hydroxyl groups is 1. The molecule has 5 rings (SSSR count). The molecular weight excluding hydrogens is 591 g/mol. The van der Waals surface area contributed by atoms with Gasteiger partial charge in [-0.15, -0.1) is 11.6 Å². The maximum absolute atomic E-state index is 14.0. The number of halogens is 1. The lowest BCUT2D eigenvalue weighted by molar-refractivity contribution is -0.152. The van der Waals surface area contributed by atoms with Crippen LogP contribution in [0.2, 0.25) is 0 Å². The maximum atomic E-state index is 14.0. The van der Waals surface area contributed by atoms with E-state index in [1.54, 1.807) is 19.1 Å². The fraction of sp³-hybridized carbons (Fsp3) is 0.615. The molecule has 3 aliphatic rings. The Kier molecular flexibility index (Phi) is 9.12. The summed E-state index contributed by atoms with van der Waals surface area (Å²) in [5.41, 5.74) is 5.30. The van der Waals surface area contributed by atoms with Gasteiger partial charge in [0.2, 0.25) is 5.95 Å². The molecule has 0 aromatic carbocycles. The highest BCUT2D eigenvalue weighted by atomic mass is 35.5. The zero-order valence-corrected chi connectivity index (χ0v) is 25.1. The van der Waals surface area contributed by atoms with Crippen molar-refractivity contribution in [2.45, 2.75) is 94.2 Å². The summed E-state index contributed by atoms with van der Waals surface area (Å²) in [5.74, 6) is -0.282. The van der Waals surface area contributed by atoms with Crippen LogP contribution in [0.1, 0.15) is 65.0 Å². The number of alkyl halides is 1. The number of nitrogens with zero attached hydrogens (tertiary/aromatic N) is 3. The Balaban J connectivity index is 1.32. The number of aliphatic hydroxyl groups excluding tert-OH is 1. The van der Waals surface area contributed by atoms with Crippen LogP contribution in [-0.2, 0) is 27.9 Å². The van der Waals surface area contributed by atoms with Gasteiger partial charge in [0, 0.05) is 6.42 Å². The highest BCUT2D eigenvalue weighted by Crippen LogP contribution is 2.50. The summed E-state index contributed by atoms with van der Waals surface area (Å²) in [6.45, 7) is 2.65. The summed E-state index contributed by atoms with van der Waals surface area (Å²) in [6, 6.07) is -1.01. The van der Waals surface area contributed by atoms with Crippen molar-refractivity contribution in [2.75, 3.05) is 12.3 Å². The molecule has 1 saturated carbocycles. The number of aromatic amines is 1. The van der Waals surface area contributed by atoms with Crippen molar-refractivity contribution in [3.63, 3.8) is 0 Å². The number of H-pyrrole nitrogens is 1. The number of ether oxygens (including phenoxy) is 2. The number of carbonyl (C=O) groups is 1. The van der Waals surface area contributed by atoms with E-state index in [9.17, 15) is 19.3 Å². The van der Waals surface area contributed by atoms with Gasteiger partial charge in [0.05, 0.1) is 12.9 Å². The lowest BCUT2D eigenvalue weighted by Crippen LogP contribution is -2.40. The second-order valence-corrected chi connectivity index (χ2v) is 13.4. The van der Waals surface area contributed by atoms with E-state index in [1.165, 1.54) is 17.8 Å². The van der Waals surface area contributed by atoms with E-state index in [1.807, 2.05) is 6.08 Å². The summed E-state index contributed by atoms with van der Waals surface area (Å²) in [4.78, 5) is 34.2. The van der Waals surface area contributed by atoms with Crippen LogP contribution in [0.3, 0.4) is 0 Å². The standard InChI is InChI=1S/C26H36ClN6O8P/c1-15(23(36)39-16-9-5-3-6-10-16)32-42(37,41-17-11-7-4-8-12-17)38-13-18-20(34)26(2,27)24(40-18)33-14-29-19-21(33)30-25(28)31-22(19)35/h4,7,11,14-16,18,20,24,34H,3,5-6,8-10,12-13H2,1-2H3,(H,32,37)(H3,28,30,31,35). The average molecular weight is 627 g/mol. The van der Waals surface area contributed by atoms with Crippen LogP contribution < -0.4 is 16.4 Å². The second-order valence-electron chi connectivity index (χ2n) is 10.9. The number of imidazole rings is 1. The van der Waals surface area contributed by atoms with Crippen molar-refractivity contribution >= 4 is 42.4 Å². The minimum Gasteiger partial charge on any atom is -0.461 e. The number of allylic oxidation sites excluding steroid dienone is 4. The van der Waals surface area contributed by atoms with E-state index >= 15 is 0 Å². The largest absolute Gasteiger partial charge is 0.461 e. The first-order valence-corrected chi connectivity index (χ1v) is 15.9. The molecule has 2 aromatic heterocycles. The van der Waals surface area contributed by atoms with Crippen LogP contribution in [0.4, 0.5) is 5.95 Å². The number of esters is 1. The molecule has 230 valence electrons. The number of hydrogen-bond acceptors (Lipinski definition) is 11. The van der Waals surface area contributed by atoms with Gasteiger partial charge in [-0.3, -0.25) is 23.7 Å². The lowest BCUT2D eigenvalue weighted by atomic mass is 9.98. The van der Waals surface area contributed by atoms with E-state index in [4.69, 9.17) is 35.9 Å². The Hall–Kier alpha value is -2.74. The number of carbonyl (C=O) groups excluding carboxylic acids is 1. The molecule has 1 saturated heterocycles. The Morgan fingerprint density at radius 2 is 2.17 bits per heavy atom. The third-order valence-corrected chi connectivity index (χ3v) is 9.66. The van der Waals surface area contributed by atoms with Crippen LogP contribution in [0, 0.1) is 0 Å². The Bertz CT molecular complexity index is 1470. The number of nitrogen functional groups attached to an aromatic ring is 1. The van der Waals surface area contributed by atoms with Crippen LogP contribution in [0.25, 0.3) is 11.2 Å². The first kappa shape index (κ1) is 30.7. The zero-order valence-electron chi connectivity index (χ0n) is 23.4. The molecule has 5 N–H and O–H groups in total. The number of fused-ring (bicyclic) bond motifs is 1. The summed E-state index contributed by atoms with van der Waals surface area (Å²) in [7, 11) is -4.18. The highest BCUT2D eigenvalue weighted by molar-refractivity contribution is 7.51. The van der Waals surface area contributed by atoms with E-state index in [2.05, 4.69) is 20.0 Å². The SMILES string of the molecule is CC(NP(=O)(OCC1OC(n2cnc3c(=O)[nH]c(N)nc32)C(C)(Cl)C1O)OC1=CC=CCC1)C(=O)OC1CCCCC1. The van der Waals surface area contributed by atoms with Gasteiger partial charge in [-0.1, -0.05) is 18.6 Å². The summed E-state index contributed by atoms with van der Waals surface area (Å²) >= 11 is 6.76. The van der Waals surface area contributed by atoms with Crippen molar-refractivity contribution in [2.24, 2.45) is 0 Å². The van der Waals surface area contributed by atoms with Gasteiger partial charge >= 0.3 is 13.7 Å². The third kappa shape index (κ3) is 6.58. The molecule has 0 radical (unpaired) electrons. The summed E-state index contributed by atoms with van der Waals surface area (Å²) < 4.78 is 38.7. The Labute approximate surface area is 247 Å².